The van der Waals surface area contributed by atoms with Gasteiger partial charge in [0.25, 0.3) is 5.91 Å². The third-order valence-corrected chi connectivity index (χ3v) is 4.32. The molecule has 1 fully saturated rings. The highest BCUT2D eigenvalue weighted by molar-refractivity contribution is 6.30. The minimum Gasteiger partial charge on any atom is -0.348 e. The molecule has 1 saturated heterocycles. The molecule has 24 heavy (non-hydrogen) atoms. The zero-order valence-electron chi connectivity index (χ0n) is 13.8. The Bertz CT molecular complexity index is 691. The van der Waals surface area contributed by atoms with E-state index in [9.17, 15) is 4.79 Å². The van der Waals surface area contributed by atoms with E-state index in [0.29, 0.717) is 10.6 Å². The average Bonchev–Trinajstić information content (AvgIpc) is 3.16. The SMILES string of the molecule is CC(C)c1c(C(=O)NC2CCNC2)cnn1-c1ccc(Cl)cc1.Cl. The maximum Gasteiger partial charge on any atom is 0.255 e. The van der Waals surface area contributed by atoms with Crippen molar-refractivity contribution < 1.29 is 4.79 Å². The molecule has 1 aliphatic heterocycles. The lowest BCUT2D eigenvalue weighted by Gasteiger charge is -2.15. The van der Waals surface area contributed by atoms with Crippen molar-refractivity contribution in [2.75, 3.05) is 13.1 Å². The number of hydrogen-bond acceptors (Lipinski definition) is 3. The lowest BCUT2D eigenvalue weighted by atomic mass is 10.0. The monoisotopic (exact) mass is 368 g/mol. The molecule has 0 radical (unpaired) electrons. The molecule has 1 aromatic heterocycles. The van der Waals surface area contributed by atoms with Gasteiger partial charge in [-0.3, -0.25) is 4.79 Å². The van der Waals surface area contributed by atoms with Gasteiger partial charge in [0.1, 0.15) is 0 Å². The summed E-state index contributed by atoms with van der Waals surface area (Å²) in [6.07, 6.45) is 2.62. The molecule has 0 spiro atoms. The van der Waals surface area contributed by atoms with Crippen molar-refractivity contribution in [2.45, 2.75) is 32.2 Å². The number of amides is 1. The van der Waals surface area contributed by atoms with Crippen LogP contribution in [-0.4, -0.2) is 34.8 Å². The maximum atomic E-state index is 12.6. The lowest BCUT2D eigenvalue weighted by molar-refractivity contribution is 0.0938. The number of halogens is 2. The van der Waals surface area contributed by atoms with Crippen LogP contribution in [0.25, 0.3) is 5.69 Å². The van der Waals surface area contributed by atoms with Crippen molar-refractivity contribution in [1.82, 2.24) is 20.4 Å². The molecule has 130 valence electrons. The van der Waals surface area contributed by atoms with Crippen LogP contribution in [0.15, 0.2) is 30.5 Å². The molecule has 1 aromatic carbocycles. The highest BCUT2D eigenvalue weighted by atomic mass is 35.5. The quantitative estimate of drug-likeness (QED) is 0.871. The van der Waals surface area contributed by atoms with Crippen molar-refractivity contribution in [3.05, 3.63) is 46.7 Å². The molecular formula is C17H22Cl2N4O. The summed E-state index contributed by atoms with van der Waals surface area (Å²) in [6.45, 7) is 5.91. The fraction of sp³-hybridized carbons (Fsp3) is 0.412. The average molecular weight is 369 g/mol. The highest BCUT2D eigenvalue weighted by Crippen LogP contribution is 2.24. The molecule has 2 heterocycles. The number of benzene rings is 1. The number of rotatable bonds is 4. The fourth-order valence-electron chi connectivity index (χ4n) is 2.92. The number of carbonyl (C=O) groups excluding carboxylic acids is 1. The van der Waals surface area contributed by atoms with Crippen LogP contribution in [-0.2, 0) is 0 Å². The first kappa shape index (κ1) is 18.8. The zero-order chi connectivity index (χ0) is 16.4. The van der Waals surface area contributed by atoms with E-state index in [-0.39, 0.29) is 30.3 Å². The van der Waals surface area contributed by atoms with E-state index in [2.05, 4.69) is 29.6 Å². The molecule has 0 bridgehead atoms. The van der Waals surface area contributed by atoms with Crippen LogP contribution in [0.1, 0.15) is 42.2 Å². The van der Waals surface area contributed by atoms with Gasteiger partial charge in [-0.15, -0.1) is 12.4 Å². The van der Waals surface area contributed by atoms with Crippen LogP contribution in [0, 0.1) is 0 Å². The van der Waals surface area contributed by atoms with E-state index in [1.54, 1.807) is 6.20 Å². The van der Waals surface area contributed by atoms with Gasteiger partial charge < -0.3 is 10.6 Å². The molecule has 1 amide bonds. The Kier molecular flexibility index (Phi) is 6.27. The summed E-state index contributed by atoms with van der Waals surface area (Å²) in [5, 5.41) is 11.5. The van der Waals surface area contributed by atoms with Crippen LogP contribution in [0.3, 0.4) is 0 Å². The van der Waals surface area contributed by atoms with Gasteiger partial charge in [-0.2, -0.15) is 5.10 Å². The van der Waals surface area contributed by atoms with E-state index >= 15 is 0 Å². The van der Waals surface area contributed by atoms with E-state index in [0.717, 1.165) is 30.9 Å². The number of hydrogen-bond donors (Lipinski definition) is 2. The van der Waals surface area contributed by atoms with Crippen molar-refractivity contribution in [3.8, 4) is 5.69 Å². The molecule has 7 heteroatoms. The normalized spacial score (nSPS) is 16.9. The Labute approximate surface area is 153 Å². The Hall–Kier alpha value is -1.56. The zero-order valence-corrected chi connectivity index (χ0v) is 15.3. The second-order valence-corrected chi connectivity index (χ2v) is 6.59. The summed E-state index contributed by atoms with van der Waals surface area (Å²) < 4.78 is 1.82. The van der Waals surface area contributed by atoms with Crippen molar-refractivity contribution >= 4 is 29.9 Å². The first-order valence-corrected chi connectivity index (χ1v) is 8.29. The number of nitrogens with zero attached hydrogens (tertiary/aromatic N) is 2. The van der Waals surface area contributed by atoms with Crippen molar-refractivity contribution in [3.63, 3.8) is 0 Å². The second-order valence-electron chi connectivity index (χ2n) is 6.15. The summed E-state index contributed by atoms with van der Waals surface area (Å²) in [7, 11) is 0. The maximum absolute atomic E-state index is 12.6. The summed E-state index contributed by atoms with van der Waals surface area (Å²) in [5.74, 6) is 0.123. The molecule has 1 unspecified atom stereocenters. The third-order valence-electron chi connectivity index (χ3n) is 4.06. The molecular weight excluding hydrogens is 347 g/mol. The minimum atomic E-state index is -0.0531. The van der Waals surface area contributed by atoms with E-state index < -0.39 is 0 Å². The van der Waals surface area contributed by atoms with Gasteiger partial charge in [-0.05, 0) is 43.1 Å². The lowest BCUT2D eigenvalue weighted by Crippen LogP contribution is -2.36. The Morgan fingerprint density at radius 1 is 1.38 bits per heavy atom. The standard InChI is InChI=1S/C17H21ClN4O.ClH/c1-11(2)16-15(17(23)21-13-7-8-19-9-13)10-20-22(16)14-5-3-12(18)4-6-14;/h3-6,10-11,13,19H,7-9H2,1-2H3,(H,21,23);1H. The molecule has 2 N–H and O–H groups in total. The topological polar surface area (TPSA) is 59.0 Å². The summed E-state index contributed by atoms with van der Waals surface area (Å²) in [5.41, 5.74) is 2.46. The third kappa shape index (κ3) is 3.91. The number of nitrogens with one attached hydrogen (secondary N) is 2. The highest BCUT2D eigenvalue weighted by Gasteiger charge is 2.24. The second kappa shape index (κ2) is 8.01. The molecule has 5 nitrogen and oxygen atoms in total. The summed E-state index contributed by atoms with van der Waals surface area (Å²) >= 11 is 5.95. The van der Waals surface area contributed by atoms with Gasteiger partial charge in [0, 0.05) is 17.6 Å². The van der Waals surface area contributed by atoms with Crippen LogP contribution in [0.5, 0.6) is 0 Å². The molecule has 0 saturated carbocycles. The van der Waals surface area contributed by atoms with Gasteiger partial charge in [0.2, 0.25) is 0 Å². The molecule has 0 aliphatic carbocycles. The smallest absolute Gasteiger partial charge is 0.255 e. The summed E-state index contributed by atoms with van der Waals surface area (Å²) in [4.78, 5) is 12.6. The molecule has 3 rings (SSSR count). The van der Waals surface area contributed by atoms with Crippen LogP contribution < -0.4 is 10.6 Å². The van der Waals surface area contributed by atoms with Gasteiger partial charge >= 0.3 is 0 Å². The van der Waals surface area contributed by atoms with Crippen LogP contribution in [0.4, 0.5) is 0 Å². The first-order chi connectivity index (χ1) is 11.1. The Morgan fingerprint density at radius 3 is 2.67 bits per heavy atom. The number of aromatic nitrogens is 2. The van der Waals surface area contributed by atoms with Gasteiger partial charge in [-0.25, -0.2) is 4.68 Å². The summed E-state index contributed by atoms with van der Waals surface area (Å²) in [6, 6.07) is 7.66. The van der Waals surface area contributed by atoms with E-state index in [1.165, 1.54) is 0 Å². The van der Waals surface area contributed by atoms with Crippen LogP contribution in [0.2, 0.25) is 5.02 Å². The van der Waals surface area contributed by atoms with E-state index in [1.807, 2.05) is 28.9 Å². The van der Waals surface area contributed by atoms with E-state index in [4.69, 9.17) is 11.6 Å². The minimum absolute atomic E-state index is 0. The number of carbonyl (C=O) groups is 1. The predicted molar refractivity (Wildman–Crippen MR) is 98.7 cm³/mol. The van der Waals surface area contributed by atoms with Crippen molar-refractivity contribution in [1.29, 1.82) is 0 Å². The molecule has 1 aliphatic rings. The van der Waals surface area contributed by atoms with Gasteiger partial charge in [0.15, 0.2) is 0 Å². The fourth-order valence-corrected chi connectivity index (χ4v) is 3.04. The molecule has 2 aromatic rings. The largest absolute Gasteiger partial charge is 0.348 e. The van der Waals surface area contributed by atoms with Crippen LogP contribution >= 0.6 is 24.0 Å². The van der Waals surface area contributed by atoms with Gasteiger partial charge in [-0.1, -0.05) is 25.4 Å². The Morgan fingerprint density at radius 2 is 2.08 bits per heavy atom. The van der Waals surface area contributed by atoms with Gasteiger partial charge in [0.05, 0.1) is 23.1 Å². The van der Waals surface area contributed by atoms with Crippen molar-refractivity contribution in [2.24, 2.45) is 0 Å². The first-order valence-electron chi connectivity index (χ1n) is 7.91. The predicted octanol–water partition coefficient (Wildman–Crippen LogP) is 3.16. The molecule has 1 atom stereocenters. The Balaban J connectivity index is 0.00000208.